The molecule has 0 radical (unpaired) electrons. The summed E-state index contributed by atoms with van der Waals surface area (Å²) in [6.07, 6.45) is 11.5. The van der Waals surface area contributed by atoms with Crippen LogP contribution in [0.25, 0.3) is 0 Å². The van der Waals surface area contributed by atoms with E-state index in [1.165, 1.54) is 18.4 Å². The number of aliphatic carboxylic acids is 1. The van der Waals surface area contributed by atoms with Crippen molar-refractivity contribution >= 4 is 5.97 Å². The van der Waals surface area contributed by atoms with Gasteiger partial charge in [0.15, 0.2) is 0 Å². The summed E-state index contributed by atoms with van der Waals surface area (Å²) in [5.41, 5.74) is 2.37. The highest BCUT2D eigenvalue weighted by atomic mass is 16.4. The van der Waals surface area contributed by atoms with E-state index >= 15 is 0 Å². The third-order valence-corrected chi connectivity index (χ3v) is 3.13. The lowest BCUT2D eigenvalue weighted by Crippen LogP contribution is -1.95. The standard InChI is InChI=1S/C18H24O2/c1-2-3-4-6-11-17(14-15-18(19)20)13-12-16-9-7-5-8-10-16/h5-11,13H,2-4,12,14-15H2,1H3,(H,19,20)/b11-6+,17-13-. The number of hydrogen-bond acceptors (Lipinski definition) is 1. The third-order valence-electron chi connectivity index (χ3n) is 3.13. The second-order valence-electron chi connectivity index (χ2n) is 4.91. The molecule has 0 unspecified atom stereocenters. The molecular weight excluding hydrogens is 248 g/mol. The molecule has 0 bridgehead atoms. The van der Waals surface area contributed by atoms with E-state index in [-0.39, 0.29) is 6.42 Å². The first-order chi connectivity index (χ1) is 9.72. The van der Waals surface area contributed by atoms with Crippen LogP contribution in [-0.2, 0) is 11.2 Å². The molecule has 0 fully saturated rings. The van der Waals surface area contributed by atoms with Crippen LogP contribution in [0.2, 0.25) is 0 Å². The summed E-state index contributed by atoms with van der Waals surface area (Å²) in [4.78, 5) is 10.7. The molecule has 0 spiro atoms. The Morgan fingerprint density at radius 2 is 1.95 bits per heavy atom. The number of carboxylic acids is 1. The highest BCUT2D eigenvalue weighted by Gasteiger charge is 1.99. The Labute approximate surface area is 121 Å². The van der Waals surface area contributed by atoms with E-state index in [0.29, 0.717) is 6.42 Å². The van der Waals surface area contributed by atoms with Crippen LogP contribution >= 0.6 is 0 Å². The minimum atomic E-state index is -0.738. The van der Waals surface area contributed by atoms with Crippen LogP contribution in [0.4, 0.5) is 0 Å². The molecule has 0 aliphatic rings. The van der Waals surface area contributed by atoms with Crippen LogP contribution in [0.5, 0.6) is 0 Å². The summed E-state index contributed by atoms with van der Waals surface area (Å²) < 4.78 is 0. The Hall–Kier alpha value is -1.83. The Bertz CT molecular complexity index is 444. The normalized spacial score (nSPS) is 11.9. The van der Waals surface area contributed by atoms with Gasteiger partial charge >= 0.3 is 5.97 Å². The van der Waals surface area contributed by atoms with Crippen molar-refractivity contribution in [1.29, 1.82) is 0 Å². The van der Waals surface area contributed by atoms with Gasteiger partial charge in [-0.3, -0.25) is 4.79 Å². The van der Waals surface area contributed by atoms with Crippen molar-refractivity contribution in [2.45, 2.75) is 45.4 Å². The summed E-state index contributed by atoms with van der Waals surface area (Å²) >= 11 is 0. The quantitative estimate of drug-likeness (QED) is 0.519. The molecule has 0 amide bonds. The van der Waals surface area contributed by atoms with E-state index < -0.39 is 5.97 Å². The van der Waals surface area contributed by atoms with Gasteiger partial charge in [0.1, 0.15) is 0 Å². The van der Waals surface area contributed by atoms with Crippen molar-refractivity contribution in [3.63, 3.8) is 0 Å². The number of allylic oxidation sites excluding steroid dienone is 4. The second-order valence-corrected chi connectivity index (χ2v) is 4.91. The van der Waals surface area contributed by atoms with E-state index in [1.54, 1.807) is 0 Å². The first kappa shape index (κ1) is 16.2. The molecule has 0 aliphatic heterocycles. The highest BCUT2D eigenvalue weighted by molar-refractivity contribution is 5.67. The molecule has 0 saturated carbocycles. The van der Waals surface area contributed by atoms with Gasteiger partial charge in [-0.15, -0.1) is 0 Å². The number of unbranched alkanes of at least 4 members (excludes halogenated alkanes) is 2. The molecule has 0 atom stereocenters. The van der Waals surface area contributed by atoms with Crippen molar-refractivity contribution in [2.75, 3.05) is 0 Å². The smallest absolute Gasteiger partial charge is 0.303 e. The second kappa shape index (κ2) is 10.0. The molecule has 20 heavy (non-hydrogen) atoms. The lowest BCUT2D eigenvalue weighted by molar-refractivity contribution is -0.136. The fourth-order valence-electron chi connectivity index (χ4n) is 1.92. The maximum absolute atomic E-state index is 10.7. The summed E-state index contributed by atoms with van der Waals surface area (Å²) in [6, 6.07) is 10.2. The number of rotatable bonds is 9. The van der Waals surface area contributed by atoms with Crippen molar-refractivity contribution < 1.29 is 9.90 Å². The van der Waals surface area contributed by atoms with Crippen LogP contribution < -0.4 is 0 Å². The molecular formula is C18H24O2. The largest absolute Gasteiger partial charge is 0.481 e. The lowest BCUT2D eigenvalue weighted by atomic mass is 10.0. The molecule has 2 nitrogen and oxygen atoms in total. The van der Waals surface area contributed by atoms with Crippen molar-refractivity contribution in [2.24, 2.45) is 0 Å². The molecule has 0 saturated heterocycles. The lowest BCUT2D eigenvalue weighted by Gasteiger charge is -2.02. The molecule has 1 N–H and O–H groups in total. The van der Waals surface area contributed by atoms with E-state index in [4.69, 9.17) is 5.11 Å². The number of carboxylic acid groups (broad SMARTS) is 1. The number of hydrogen-bond donors (Lipinski definition) is 1. The average Bonchev–Trinajstić information content (AvgIpc) is 2.46. The van der Waals surface area contributed by atoms with Crippen molar-refractivity contribution in [3.05, 3.63) is 59.7 Å². The fraction of sp³-hybridized carbons (Fsp3) is 0.389. The maximum Gasteiger partial charge on any atom is 0.303 e. The van der Waals surface area contributed by atoms with E-state index in [2.05, 4.69) is 37.3 Å². The van der Waals surface area contributed by atoms with Crippen LogP contribution in [0, 0.1) is 0 Å². The van der Waals surface area contributed by atoms with Gasteiger partial charge < -0.3 is 5.11 Å². The van der Waals surface area contributed by atoms with Gasteiger partial charge in [0.2, 0.25) is 0 Å². The van der Waals surface area contributed by atoms with Gasteiger partial charge in [-0.2, -0.15) is 0 Å². The van der Waals surface area contributed by atoms with Crippen LogP contribution in [-0.4, -0.2) is 11.1 Å². The van der Waals surface area contributed by atoms with Crippen molar-refractivity contribution in [3.8, 4) is 0 Å². The number of benzene rings is 1. The Kier molecular flexibility index (Phi) is 8.13. The first-order valence-corrected chi connectivity index (χ1v) is 7.33. The Morgan fingerprint density at radius 3 is 2.60 bits per heavy atom. The van der Waals surface area contributed by atoms with E-state index in [1.807, 2.05) is 18.2 Å². The van der Waals surface area contributed by atoms with Crippen LogP contribution in [0.3, 0.4) is 0 Å². The maximum atomic E-state index is 10.7. The van der Waals surface area contributed by atoms with Gasteiger partial charge in [-0.25, -0.2) is 0 Å². The predicted octanol–water partition coefficient (Wildman–Crippen LogP) is 4.77. The monoisotopic (exact) mass is 272 g/mol. The Balaban J connectivity index is 2.60. The average molecular weight is 272 g/mol. The van der Waals surface area contributed by atoms with Crippen LogP contribution in [0.15, 0.2) is 54.1 Å². The molecule has 0 heterocycles. The molecule has 108 valence electrons. The fourth-order valence-corrected chi connectivity index (χ4v) is 1.92. The molecule has 0 aliphatic carbocycles. The topological polar surface area (TPSA) is 37.3 Å². The molecule has 1 rings (SSSR count). The summed E-state index contributed by atoms with van der Waals surface area (Å²) in [6.45, 7) is 2.17. The minimum Gasteiger partial charge on any atom is -0.481 e. The summed E-state index contributed by atoms with van der Waals surface area (Å²) in [5.74, 6) is -0.738. The minimum absolute atomic E-state index is 0.193. The van der Waals surface area contributed by atoms with Gasteiger partial charge in [0, 0.05) is 6.42 Å². The third kappa shape index (κ3) is 7.57. The number of carbonyl (C=O) groups is 1. The molecule has 2 heteroatoms. The highest BCUT2D eigenvalue weighted by Crippen LogP contribution is 2.11. The van der Waals surface area contributed by atoms with Gasteiger partial charge in [-0.1, -0.05) is 73.9 Å². The molecule has 1 aromatic rings. The van der Waals surface area contributed by atoms with E-state index in [9.17, 15) is 4.79 Å². The summed E-state index contributed by atoms with van der Waals surface area (Å²) in [5, 5.41) is 8.81. The predicted molar refractivity (Wildman–Crippen MR) is 83.8 cm³/mol. The molecule has 1 aromatic carbocycles. The zero-order valence-corrected chi connectivity index (χ0v) is 12.2. The molecule has 0 aromatic heterocycles. The SMILES string of the molecule is CCCC/C=C/C(=C/Cc1ccccc1)CCC(=O)O. The van der Waals surface area contributed by atoms with Gasteiger partial charge in [-0.05, 0) is 24.8 Å². The van der Waals surface area contributed by atoms with Crippen LogP contribution in [0.1, 0.15) is 44.6 Å². The summed E-state index contributed by atoms with van der Waals surface area (Å²) in [7, 11) is 0. The van der Waals surface area contributed by atoms with Crippen molar-refractivity contribution in [1.82, 2.24) is 0 Å². The van der Waals surface area contributed by atoms with E-state index in [0.717, 1.165) is 18.4 Å². The van der Waals surface area contributed by atoms with Gasteiger partial charge in [0.25, 0.3) is 0 Å². The zero-order valence-electron chi connectivity index (χ0n) is 12.2. The first-order valence-electron chi connectivity index (χ1n) is 7.33. The van der Waals surface area contributed by atoms with Gasteiger partial charge in [0.05, 0.1) is 0 Å². The Morgan fingerprint density at radius 1 is 1.20 bits per heavy atom. The zero-order chi connectivity index (χ0) is 14.6.